The summed E-state index contributed by atoms with van der Waals surface area (Å²) in [6.07, 6.45) is 1.52. The molecular formula is C8H13N3OS. The number of nitrogens with zero attached hydrogens (tertiary/aromatic N) is 2. The van der Waals surface area contributed by atoms with Crippen LogP contribution in [0, 0.1) is 5.92 Å². The zero-order chi connectivity index (χ0) is 9.10. The average Bonchev–Trinajstić information content (AvgIpc) is 2.72. The van der Waals surface area contributed by atoms with Gasteiger partial charge in [-0.25, -0.2) is 0 Å². The lowest BCUT2D eigenvalue weighted by molar-refractivity contribution is 0.108. The predicted octanol–water partition coefficient (Wildman–Crippen LogP) is 1.37. The van der Waals surface area contributed by atoms with Gasteiger partial charge < -0.3 is 10.1 Å². The summed E-state index contributed by atoms with van der Waals surface area (Å²) in [6, 6.07) is 0. The van der Waals surface area contributed by atoms with Crippen LogP contribution in [-0.4, -0.2) is 29.5 Å². The number of rotatable bonds is 3. The fourth-order valence-corrected chi connectivity index (χ4v) is 1.97. The van der Waals surface area contributed by atoms with E-state index in [-0.39, 0.29) is 0 Å². The monoisotopic (exact) mass is 199 g/mol. The predicted molar refractivity (Wildman–Crippen MR) is 51.9 cm³/mol. The van der Waals surface area contributed by atoms with E-state index in [2.05, 4.69) is 22.4 Å². The van der Waals surface area contributed by atoms with Gasteiger partial charge in [0.25, 0.3) is 0 Å². The molecular weight excluding hydrogens is 186 g/mol. The lowest BCUT2D eigenvalue weighted by Crippen LogP contribution is -2.20. The van der Waals surface area contributed by atoms with Gasteiger partial charge in [-0.05, 0) is 13.3 Å². The molecule has 2 unspecified atom stereocenters. The van der Waals surface area contributed by atoms with E-state index in [4.69, 9.17) is 4.74 Å². The van der Waals surface area contributed by atoms with Crippen LogP contribution < -0.4 is 5.32 Å². The van der Waals surface area contributed by atoms with Crippen LogP contribution in [-0.2, 0) is 4.74 Å². The smallest absolute Gasteiger partial charge is 0.205 e. The Bertz CT molecular complexity index is 252. The molecule has 0 radical (unpaired) electrons. The van der Waals surface area contributed by atoms with Crippen LogP contribution >= 0.6 is 11.3 Å². The summed E-state index contributed by atoms with van der Waals surface area (Å²) in [5.74, 6) is 0.615. The molecule has 1 aromatic heterocycles. The number of anilines is 1. The fourth-order valence-electron chi connectivity index (χ4n) is 1.51. The summed E-state index contributed by atoms with van der Waals surface area (Å²) in [5.41, 5.74) is 1.73. The lowest BCUT2D eigenvalue weighted by Gasteiger charge is -2.13. The maximum atomic E-state index is 5.46. The van der Waals surface area contributed by atoms with E-state index in [1.807, 2.05) is 0 Å². The number of hydrogen-bond acceptors (Lipinski definition) is 5. The first-order valence-corrected chi connectivity index (χ1v) is 5.36. The van der Waals surface area contributed by atoms with Crippen LogP contribution in [0.3, 0.4) is 0 Å². The summed E-state index contributed by atoms with van der Waals surface area (Å²) in [4.78, 5) is 0. The third-order valence-electron chi connectivity index (χ3n) is 2.41. The molecule has 0 saturated carbocycles. The quantitative estimate of drug-likeness (QED) is 0.798. The number of hydrogen-bond donors (Lipinski definition) is 1. The van der Waals surface area contributed by atoms with Gasteiger partial charge in [0.1, 0.15) is 5.51 Å². The van der Waals surface area contributed by atoms with Crippen LogP contribution in [0.1, 0.15) is 13.3 Å². The summed E-state index contributed by atoms with van der Waals surface area (Å²) in [5, 5.41) is 11.8. The first kappa shape index (κ1) is 8.90. The van der Waals surface area contributed by atoms with Gasteiger partial charge in [0.05, 0.1) is 6.10 Å². The van der Waals surface area contributed by atoms with Crippen LogP contribution in [0.5, 0.6) is 0 Å². The Morgan fingerprint density at radius 3 is 3.31 bits per heavy atom. The van der Waals surface area contributed by atoms with E-state index in [9.17, 15) is 0 Å². The Morgan fingerprint density at radius 2 is 2.69 bits per heavy atom. The summed E-state index contributed by atoms with van der Waals surface area (Å²) in [7, 11) is 0. The Hall–Kier alpha value is -0.680. The highest BCUT2D eigenvalue weighted by atomic mass is 32.1. The topological polar surface area (TPSA) is 47.0 Å². The lowest BCUT2D eigenvalue weighted by atomic mass is 10.0. The van der Waals surface area contributed by atoms with Crippen molar-refractivity contribution in [3.05, 3.63) is 5.51 Å². The minimum absolute atomic E-state index is 0.375. The molecule has 1 saturated heterocycles. The molecule has 1 aromatic rings. The van der Waals surface area contributed by atoms with Crippen molar-refractivity contribution < 1.29 is 4.74 Å². The SMILES string of the molecule is CC1OCCC1CNc1nncs1. The number of ether oxygens (including phenoxy) is 1. The molecule has 0 spiro atoms. The van der Waals surface area contributed by atoms with Gasteiger partial charge in [-0.3, -0.25) is 0 Å². The van der Waals surface area contributed by atoms with Crippen LogP contribution in [0.25, 0.3) is 0 Å². The maximum Gasteiger partial charge on any atom is 0.205 e. The van der Waals surface area contributed by atoms with Crippen LogP contribution in [0.15, 0.2) is 5.51 Å². The molecule has 0 aromatic carbocycles. The van der Waals surface area contributed by atoms with Gasteiger partial charge in [-0.1, -0.05) is 11.3 Å². The second-order valence-electron chi connectivity index (χ2n) is 3.25. The Kier molecular flexibility index (Phi) is 2.75. The van der Waals surface area contributed by atoms with Gasteiger partial charge in [-0.15, -0.1) is 10.2 Å². The molecule has 4 nitrogen and oxygen atoms in total. The molecule has 1 aliphatic heterocycles. The van der Waals surface area contributed by atoms with E-state index in [0.717, 1.165) is 24.7 Å². The minimum atomic E-state index is 0.375. The normalized spacial score (nSPS) is 27.8. The van der Waals surface area contributed by atoms with Crippen molar-refractivity contribution in [3.8, 4) is 0 Å². The summed E-state index contributed by atoms with van der Waals surface area (Å²) >= 11 is 1.53. The van der Waals surface area contributed by atoms with Crippen molar-refractivity contribution in [3.63, 3.8) is 0 Å². The fraction of sp³-hybridized carbons (Fsp3) is 0.750. The summed E-state index contributed by atoms with van der Waals surface area (Å²) < 4.78 is 5.46. The van der Waals surface area contributed by atoms with Gasteiger partial charge in [0, 0.05) is 19.1 Å². The van der Waals surface area contributed by atoms with E-state index < -0.39 is 0 Å². The van der Waals surface area contributed by atoms with Crippen molar-refractivity contribution >= 4 is 16.5 Å². The zero-order valence-electron chi connectivity index (χ0n) is 7.56. The standard InChI is InChI=1S/C8H13N3OS/c1-6-7(2-3-12-6)4-9-8-11-10-5-13-8/h5-7H,2-4H2,1H3,(H,9,11). The van der Waals surface area contributed by atoms with Gasteiger partial charge in [0.15, 0.2) is 0 Å². The highest BCUT2D eigenvalue weighted by Crippen LogP contribution is 2.21. The molecule has 72 valence electrons. The highest BCUT2D eigenvalue weighted by molar-refractivity contribution is 7.13. The van der Waals surface area contributed by atoms with Gasteiger partial charge in [0.2, 0.25) is 5.13 Å². The second-order valence-corrected chi connectivity index (χ2v) is 4.08. The van der Waals surface area contributed by atoms with Crippen molar-refractivity contribution in [2.24, 2.45) is 5.92 Å². The minimum Gasteiger partial charge on any atom is -0.378 e. The first-order valence-electron chi connectivity index (χ1n) is 4.48. The zero-order valence-corrected chi connectivity index (χ0v) is 8.38. The molecule has 0 aliphatic carbocycles. The molecule has 1 aliphatic rings. The van der Waals surface area contributed by atoms with Crippen molar-refractivity contribution in [2.45, 2.75) is 19.4 Å². The van der Waals surface area contributed by atoms with Crippen molar-refractivity contribution in [2.75, 3.05) is 18.5 Å². The Morgan fingerprint density at radius 1 is 1.77 bits per heavy atom. The molecule has 2 atom stereocenters. The average molecular weight is 199 g/mol. The third kappa shape index (κ3) is 2.16. The Balaban J connectivity index is 1.79. The molecule has 1 N–H and O–H groups in total. The molecule has 0 bridgehead atoms. The molecule has 2 heterocycles. The molecule has 2 rings (SSSR count). The number of aromatic nitrogens is 2. The largest absolute Gasteiger partial charge is 0.378 e. The van der Waals surface area contributed by atoms with E-state index in [1.165, 1.54) is 11.3 Å². The molecule has 13 heavy (non-hydrogen) atoms. The van der Waals surface area contributed by atoms with Gasteiger partial charge in [-0.2, -0.15) is 0 Å². The highest BCUT2D eigenvalue weighted by Gasteiger charge is 2.23. The molecule has 5 heteroatoms. The van der Waals surface area contributed by atoms with E-state index >= 15 is 0 Å². The Labute approximate surface area is 81.3 Å². The van der Waals surface area contributed by atoms with Crippen molar-refractivity contribution in [1.29, 1.82) is 0 Å². The van der Waals surface area contributed by atoms with Gasteiger partial charge >= 0.3 is 0 Å². The van der Waals surface area contributed by atoms with E-state index in [0.29, 0.717) is 12.0 Å². The van der Waals surface area contributed by atoms with Crippen molar-refractivity contribution in [1.82, 2.24) is 10.2 Å². The van der Waals surface area contributed by atoms with Crippen LogP contribution in [0.2, 0.25) is 0 Å². The first-order chi connectivity index (χ1) is 6.36. The van der Waals surface area contributed by atoms with E-state index in [1.54, 1.807) is 5.51 Å². The number of nitrogens with one attached hydrogen (secondary N) is 1. The molecule has 1 fully saturated rings. The third-order valence-corrected chi connectivity index (χ3v) is 3.06. The maximum absolute atomic E-state index is 5.46. The molecule has 0 amide bonds. The second kappa shape index (κ2) is 4.02. The summed E-state index contributed by atoms with van der Waals surface area (Å²) in [6.45, 7) is 3.96. The van der Waals surface area contributed by atoms with Crippen LogP contribution in [0.4, 0.5) is 5.13 Å².